The maximum atomic E-state index is 5.60. The van der Waals surface area contributed by atoms with Gasteiger partial charge >= 0.3 is 0 Å². The van der Waals surface area contributed by atoms with Crippen LogP contribution in [0, 0.1) is 6.92 Å². The first kappa shape index (κ1) is 9.61. The summed E-state index contributed by atoms with van der Waals surface area (Å²) >= 11 is 3.28. The van der Waals surface area contributed by atoms with Crippen LogP contribution in [0.25, 0.3) is 0 Å². The van der Waals surface area contributed by atoms with E-state index in [0.717, 1.165) is 11.4 Å². The second-order valence-corrected chi connectivity index (χ2v) is 5.12. The Labute approximate surface area is 90.3 Å². The van der Waals surface area contributed by atoms with Crippen molar-refractivity contribution in [1.29, 1.82) is 0 Å². The van der Waals surface area contributed by atoms with E-state index in [2.05, 4.69) is 4.98 Å². The highest BCUT2D eigenvalue weighted by Crippen LogP contribution is 2.32. The lowest BCUT2D eigenvalue weighted by Crippen LogP contribution is -1.80. The fourth-order valence-corrected chi connectivity index (χ4v) is 3.01. The number of aromatic nitrogens is 1. The average molecular weight is 226 g/mol. The Morgan fingerprint density at radius 1 is 1.64 bits per heavy atom. The van der Waals surface area contributed by atoms with E-state index in [0.29, 0.717) is 5.13 Å². The number of rotatable bonds is 3. The van der Waals surface area contributed by atoms with Crippen molar-refractivity contribution in [1.82, 2.24) is 4.98 Å². The zero-order valence-electron chi connectivity index (χ0n) is 7.69. The molecule has 2 heterocycles. The monoisotopic (exact) mass is 226 g/mol. The van der Waals surface area contributed by atoms with E-state index >= 15 is 0 Å². The van der Waals surface area contributed by atoms with Crippen molar-refractivity contribution in [2.24, 2.45) is 0 Å². The molecule has 5 heteroatoms. The lowest BCUT2D eigenvalue weighted by atomic mass is 10.4. The first-order chi connectivity index (χ1) is 6.75. The summed E-state index contributed by atoms with van der Waals surface area (Å²) in [5, 5.41) is 0.636. The first-order valence-electron chi connectivity index (χ1n) is 4.12. The predicted octanol–water partition coefficient (Wildman–Crippen LogP) is 2.92. The topological polar surface area (TPSA) is 52.0 Å². The van der Waals surface area contributed by atoms with Crippen LogP contribution in [0.3, 0.4) is 0 Å². The van der Waals surface area contributed by atoms with Gasteiger partial charge in [-0.2, -0.15) is 0 Å². The van der Waals surface area contributed by atoms with Crippen LogP contribution >= 0.6 is 23.1 Å². The summed E-state index contributed by atoms with van der Waals surface area (Å²) < 4.78 is 6.17. The molecule has 2 aromatic rings. The van der Waals surface area contributed by atoms with E-state index < -0.39 is 0 Å². The van der Waals surface area contributed by atoms with Crippen LogP contribution in [0.4, 0.5) is 5.13 Å². The van der Waals surface area contributed by atoms with Gasteiger partial charge in [0.1, 0.15) is 0 Å². The Kier molecular flexibility index (Phi) is 2.79. The number of thiazole rings is 1. The summed E-state index contributed by atoms with van der Waals surface area (Å²) in [6, 6.07) is 1.97. The summed E-state index contributed by atoms with van der Waals surface area (Å²) in [7, 11) is 0. The van der Waals surface area contributed by atoms with Crippen LogP contribution in [0.5, 0.6) is 0 Å². The fraction of sp³-hybridized carbons (Fsp3) is 0.222. The van der Waals surface area contributed by atoms with E-state index in [4.69, 9.17) is 10.2 Å². The van der Waals surface area contributed by atoms with E-state index in [-0.39, 0.29) is 0 Å². The van der Waals surface area contributed by atoms with Crippen molar-refractivity contribution < 1.29 is 4.42 Å². The molecule has 0 aliphatic rings. The van der Waals surface area contributed by atoms with E-state index in [1.165, 1.54) is 21.1 Å². The molecule has 14 heavy (non-hydrogen) atoms. The smallest absolute Gasteiger partial charge is 0.181 e. The molecule has 0 atom stereocenters. The zero-order chi connectivity index (χ0) is 9.97. The highest BCUT2D eigenvalue weighted by atomic mass is 32.2. The summed E-state index contributed by atoms with van der Waals surface area (Å²) in [5.74, 6) is 0.902. The molecule has 0 aliphatic carbocycles. The minimum absolute atomic E-state index is 0.636. The molecule has 2 N–H and O–H groups in total. The van der Waals surface area contributed by atoms with Crippen molar-refractivity contribution in [2.75, 3.05) is 5.73 Å². The SMILES string of the molecule is Cc1nc(N)sc1SCc1ccoc1. The van der Waals surface area contributed by atoms with Gasteiger partial charge in [-0.25, -0.2) is 4.98 Å². The second-order valence-electron chi connectivity index (χ2n) is 2.85. The number of thioether (sulfide) groups is 1. The molecule has 2 rings (SSSR count). The molecule has 0 saturated heterocycles. The van der Waals surface area contributed by atoms with Crippen LogP contribution < -0.4 is 5.73 Å². The van der Waals surface area contributed by atoms with Crippen LogP contribution in [-0.4, -0.2) is 4.98 Å². The standard InChI is InChI=1S/C9H10N2OS2/c1-6-8(14-9(10)11-6)13-5-7-2-3-12-4-7/h2-4H,5H2,1H3,(H2,10,11). The minimum atomic E-state index is 0.636. The highest BCUT2D eigenvalue weighted by molar-refractivity contribution is 8.00. The highest BCUT2D eigenvalue weighted by Gasteiger charge is 2.06. The number of furan rings is 1. The van der Waals surface area contributed by atoms with Gasteiger partial charge in [0.05, 0.1) is 22.4 Å². The second kappa shape index (κ2) is 4.06. The Morgan fingerprint density at radius 3 is 3.07 bits per heavy atom. The average Bonchev–Trinajstić information content (AvgIpc) is 2.72. The van der Waals surface area contributed by atoms with E-state index in [1.54, 1.807) is 24.3 Å². The molecule has 74 valence electrons. The molecule has 0 fully saturated rings. The van der Waals surface area contributed by atoms with Gasteiger partial charge < -0.3 is 10.2 Å². The molecule has 0 radical (unpaired) electrons. The zero-order valence-corrected chi connectivity index (χ0v) is 9.32. The van der Waals surface area contributed by atoms with Crippen LogP contribution in [-0.2, 0) is 5.75 Å². The molecule has 0 aromatic carbocycles. The molecule has 3 nitrogen and oxygen atoms in total. The number of hydrogen-bond acceptors (Lipinski definition) is 5. The first-order valence-corrected chi connectivity index (χ1v) is 5.92. The van der Waals surface area contributed by atoms with Gasteiger partial charge in [-0.3, -0.25) is 0 Å². The lowest BCUT2D eigenvalue weighted by Gasteiger charge is -1.95. The summed E-state index contributed by atoms with van der Waals surface area (Å²) in [6.45, 7) is 1.98. The third-order valence-electron chi connectivity index (χ3n) is 1.72. The van der Waals surface area contributed by atoms with Crippen molar-refractivity contribution in [2.45, 2.75) is 16.9 Å². The number of nitrogens with two attached hydrogens (primary N) is 1. The quantitative estimate of drug-likeness (QED) is 0.818. The number of nitrogen functional groups attached to an aromatic ring is 1. The minimum Gasteiger partial charge on any atom is -0.472 e. The van der Waals surface area contributed by atoms with Gasteiger partial charge in [-0.15, -0.1) is 11.8 Å². The van der Waals surface area contributed by atoms with Gasteiger partial charge in [0.15, 0.2) is 5.13 Å². The molecule has 2 aromatic heterocycles. The van der Waals surface area contributed by atoms with E-state index in [1.807, 2.05) is 13.0 Å². The Morgan fingerprint density at radius 2 is 2.50 bits per heavy atom. The summed E-state index contributed by atoms with van der Waals surface area (Å²) in [6.07, 6.45) is 3.44. The van der Waals surface area contributed by atoms with E-state index in [9.17, 15) is 0 Å². The third kappa shape index (κ3) is 2.10. The predicted molar refractivity (Wildman–Crippen MR) is 59.5 cm³/mol. The summed E-state index contributed by atoms with van der Waals surface area (Å²) in [4.78, 5) is 4.16. The van der Waals surface area contributed by atoms with Gasteiger partial charge in [0.25, 0.3) is 0 Å². The fourth-order valence-electron chi connectivity index (χ4n) is 1.06. The van der Waals surface area contributed by atoms with Gasteiger partial charge in [-0.1, -0.05) is 11.3 Å². The van der Waals surface area contributed by atoms with Crippen molar-refractivity contribution in [3.63, 3.8) is 0 Å². The van der Waals surface area contributed by atoms with Gasteiger partial charge in [0.2, 0.25) is 0 Å². The Bertz CT molecular complexity index is 408. The lowest BCUT2D eigenvalue weighted by molar-refractivity contribution is 0.565. The number of anilines is 1. The number of nitrogens with zero attached hydrogens (tertiary/aromatic N) is 1. The van der Waals surface area contributed by atoms with Crippen molar-refractivity contribution >= 4 is 28.2 Å². The van der Waals surface area contributed by atoms with Crippen LogP contribution in [0.15, 0.2) is 27.2 Å². The van der Waals surface area contributed by atoms with Crippen molar-refractivity contribution in [3.05, 3.63) is 29.9 Å². The molecule has 0 bridgehead atoms. The Balaban J connectivity index is 2.01. The molecule has 0 aliphatic heterocycles. The molecule has 0 unspecified atom stereocenters. The largest absolute Gasteiger partial charge is 0.472 e. The van der Waals surface area contributed by atoms with Crippen molar-refractivity contribution in [3.8, 4) is 0 Å². The van der Waals surface area contributed by atoms with Crippen LogP contribution in [0.2, 0.25) is 0 Å². The van der Waals surface area contributed by atoms with Gasteiger partial charge in [-0.05, 0) is 13.0 Å². The molecular weight excluding hydrogens is 216 g/mol. The molecule has 0 saturated carbocycles. The summed E-state index contributed by atoms with van der Waals surface area (Å²) in [5.41, 5.74) is 7.80. The molecular formula is C9H10N2OS2. The maximum Gasteiger partial charge on any atom is 0.181 e. The number of aryl methyl sites for hydroxylation is 1. The maximum absolute atomic E-state index is 5.60. The molecule has 0 spiro atoms. The third-order valence-corrected chi connectivity index (χ3v) is 4.14. The van der Waals surface area contributed by atoms with Crippen LogP contribution in [0.1, 0.15) is 11.3 Å². The van der Waals surface area contributed by atoms with Gasteiger partial charge in [0, 0.05) is 11.3 Å². The molecule has 0 amide bonds. The normalized spacial score (nSPS) is 10.6. The number of hydrogen-bond donors (Lipinski definition) is 1. The Hall–Kier alpha value is -0.940.